The molecule has 144 valence electrons. The van der Waals surface area contributed by atoms with Gasteiger partial charge in [0.2, 0.25) is 5.91 Å². The van der Waals surface area contributed by atoms with Crippen molar-refractivity contribution in [1.82, 2.24) is 5.32 Å². The zero-order valence-electron chi connectivity index (χ0n) is 15.6. The molecule has 1 heterocycles. The number of nitrogens with one attached hydrogen (secondary N) is 1. The molecule has 0 radical (unpaired) electrons. The van der Waals surface area contributed by atoms with Crippen LogP contribution in [0, 0.1) is 0 Å². The fourth-order valence-corrected chi connectivity index (χ4v) is 4.81. The highest BCUT2D eigenvalue weighted by molar-refractivity contribution is 6.35. The molecular formula is C23H21Cl2NO2. The number of ketones is 1. The summed E-state index contributed by atoms with van der Waals surface area (Å²) in [5.41, 5.74) is 4.64. The summed E-state index contributed by atoms with van der Waals surface area (Å²) < 4.78 is 0. The Hall–Kier alpha value is -2.10. The van der Waals surface area contributed by atoms with Gasteiger partial charge in [-0.25, -0.2) is 0 Å². The van der Waals surface area contributed by atoms with E-state index in [1.807, 2.05) is 6.07 Å². The molecular weight excluding hydrogens is 393 g/mol. The van der Waals surface area contributed by atoms with E-state index in [0.717, 1.165) is 23.2 Å². The lowest BCUT2D eigenvalue weighted by Gasteiger charge is -2.34. The Morgan fingerprint density at radius 3 is 2.43 bits per heavy atom. The van der Waals surface area contributed by atoms with Crippen molar-refractivity contribution in [1.29, 1.82) is 0 Å². The Kier molecular flexibility index (Phi) is 5.31. The highest BCUT2D eigenvalue weighted by Crippen LogP contribution is 2.44. The summed E-state index contributed by atoms with van der Waals surface area (Å²) in [6.45, 7) is 2.12. The van der Waals surface area contributed by atoms with Gasteiger partial charge in [0.05, 0.1) is 0 Å². The summed E-state index contributed by atoms with van der Waals surface area (Å²) >= 11 is 12.4. The van der Waals surface area contributed by atoms with Crippen LogP contribution in [0.5, 0.6) is 0 Å². The first-order valence-electron chi connectivity index (χ1n) is 9.56. The van der Waals surface area contributed by atoms with E-state index in [0.29, 0.717) is 28.5 Å². The molecule has 2 aromatic rings. The van der Waals surface area contributed by atoms with E-state index in [2.05, 4.69) is 36.5 Å². The third-order valence-corrected chi connectivity index (χ3v) is 6.30. The normalized spacial score (nSPS) is 22.1. The van der Waals surface area contributed by atoms with Crippen LogP contribution in [0.4, 0.5) is 0 Å². The number of aryl methyl sites for hydroxylation is 1. The number of rotatable bonds is 3. The summed E-state index contributed by atoms with van der Waals surface area (Å²) in [7, 11) is 0. The average Bonchev–Trinajstić information content (AvgIpc) is 2.67. The second kappa shape index (κ2) is 7.73. The van der Waals surface area contributed by atoms with Crippen LogP contribution in [0.25, 0.3) is 0 Å². The van der Waals surface area contributed by atoms with E-state index in [-0.39, 0.29) is 29.9 Å². The average molecular weight is 414 g/mol. The lowest BCUT2D eigenvalue weighted by atomic mass is 9.73. The van der Waals surface area contributed by atoms with Gasteiger partial charge < -0.3 is 5.32 Å². The van der Waals surface area contributed by atoms with E-state index >= 15 is 0 Å². The summed E-state index contributed by atoms with van der Waals surface area (Å²) in [5, 5.41) is 3.98. The number of carbonyl (C=O) groups excluding carboxylic acids is 2. The number of carbonyl (C=O) groups is 2. The van der Waals surface area contributed by atoms with Gasteiger partial charge in [0.25, 0.3) is 0 Å². The van der Waals surface area contributed by atoms with Gasteiger partial charge in [-0.1, -0.05) is 60.5 Å². The number of Topliss-reactive ketones (excluding diaryl/α,β-unsaturated/α-hetero) is 1. The molecule has 1 amide bonds. The molecule has 2 aromatic carbocycles. The molecule has 1 aliphatic heterocycles. The Balaban J connectivity index is 1.70. The van der Waals surface area contributed by atoms with Crippen LogP contribution < -0.4 is 5.32 Å². The largest absolute Gasteiger partial charge is 0.329 e. The molecule has 4 rings (SSSR count). The maximum absolute atomic E-state index is 13.1. The van der Waals surface area contributed by atoms with Crippen LogP contribution in [0.2, 0.25) is 10.0 Å². The SMILES string of the molecule is CCc1ccc(C2CC(=O)C3=C(C2)NC(=O)CC3c2ccc(Cl)cc2Cl)cc1. The Labute approximate surface area is 174 Å². The van der Waals surface area contributed by atoms with Gasteiger partial charge in [0.1, 0.15) is 0 Å². The van der Waals surface area contributed by atoms with Crippen LogP contribution in [-0.2, 0) is 16.0 Å². The zero-order valence-corrected chi connectivity index (χ0v) is 17.1. The molecule has 3 nitrogen and oxygen atoms in total. The fourth-order valence-electron chi connectivity index (χ4n) is 4.27. The molecule has 2 aliphatic rings. The van der Waals surface area contributed by atoms with Crippen molar-refractivity contribution in [2.45, 2.75) is 44.4 Å². The van der Waals surface area contributed by atoms with Crippen molar-refractivity contribution in [3.8, 4) is 0 Å². The lowest BCUT2D eigenvalue weighted by molar-refractivity contribution is -0.122. The van der Waals surface area contributed by atoms with Gasteiger partial charge in [-0.3, -0.25) is 9.59 Å². The molecule has 0 spiro atoms. The first-order valence-corrected chi connectivity index (χ1v) is 10.3. The van der Waals surface area contributed by atoms with E-state index in [4.69, 9.17) is 23.2 Å². The van der Waals surface area contributed by atoms with Crippen molar-refractivity contribution in [3.05, 3.63) is 80.5 Å². The van der Waals surface area contributed by atoms with Crippen LogP contribution in [0.3, 0.4) is 0 Å². The van der Waals surface area contributed by atoms with Crippen molar-refractivity contribution >= 4 is 34.9 Å². The van der Waals surface area contributed by atoms with Crippen molar-refractivity contribution in [2.75, 3.05) is 0 Å². The predicted molar refractivity (Wildman–Crippen MR) is 112 cm³/mol. The fraction of sp³-hybridized carbons (Fsp3) is 0.304. The van der Waals surface area contributed by atoms with Gasteiger partial charge >= 0.3 is 0 Å². The topological polar surface area (TPSA) is 46.2 Å². The van der Waals surface area contributed by atoms with Gasteiger partial charge in [0.15, 0.2) is 5.78 Å². The molecule has 5 heteroatoms. The minimum absolute atomic E-state index is 0.0791. The second-order valence-corrected chi connectivity index (χ2v) is 8.33. The van der Waals surface area contributed by atoms with Gasteiger partial charge in [-0.05, 0) is 47.6 Å². The summed E-state index contributed by atoms with van der Waals surface area (Å²) in [5.74, 6) is -0.229. The molecule has 28 heavy (non-hydrogen) atoms. The summed E-state index contributed by atoms with van der Waals surface area (Å²) in [6, 6.07) is 13.7. The van der Waals surface area contributed by atoms with Gasteiger partial charge in [0, 0.05) is 40.1 Å². The van der Waals surface area contributed by atoms with Crippen molar-refractivity contribution < 1.29 is 9.59 Å². The van der Waals surface area contributed by atoms with Crippen LogP contribution in [0.1, 0.15) is 54.7 Å². The van der Waals surface area contributed by atoms with E-state index in [1.165, 1.54) is 5.56 Å². The molecule has 1 N–H and O–H groups in total. The Morgan fingerprint density at radius 2 is 1.75 bits per heavy atom. The standard InChI is InChI=1S/C23H21Cl2NO2/c1-2-13-3-5-14(6-4-13)15-9-20-23(21(27)10-15)18(12-22(28)26-20)17-8-7-16(24)11-19(17)25/h3-8,11,15,18H,2,9-10,12H2,1H3,(H,26,28). The number of hydrogen-bond acceptors (Lipinski definition) is 2. The van der Waals surface area contributed by atoms with Gasteiger partial charge in [-0.2, -0.15) is 0 Å². The zero-order chi connectivity index (χ0) is 19.8. The molecule has 2 unspecified atom stereocenters. The quantitative estimate of drug-likeness (QED) is 0.715. The summed E-state index contributed by atoms with van der Waals surface area (Å²) in [4.78, 5) is 25.5. The molecule has 1 aliphatic carbocycles. The van der Waals surface area contributed by atoms with Crippen LogP contribution in [0.15, 0.2) is 53.7 Å². The number of benzene rings is 2. The summed E-state index contributed by atoms with van der Waals surface area (Å²) in [6.07, 6.45) is 2.31. The number of allylic oxidation sites excluding steroid dienone is 2. The smallest absolute Gasteiger partial charge is 0.225 e. The maximum Gasteiger partial charge on any atom is 0.225 e. The third-order valence-electron chi connectivity index (χ3n) is 5.73. The van der Waals surface area contributed by atoms with Crippen molar-refractivity contribution in [2.24, 2.45) is 0 Å². The van der Waals surface area contributed by atoms with Gasteiger partial charge in [-0.15, -0.1) is 0 Å². The monoisotopic (exact) mass is 413 g/mol. The molecule has 0 saturated carbocycles. The lowest BCUT2D eigenvalue weighted by Crippen LogP contribution is -2.38. The molecule has 0 saturated heterocycles. The van der Waals surface area contributed by atoms with Crippen LogP contribution in [-0.4, -0.2) is 11.7 Å². The first-order chi connectivity index (χ1) is 13.5. The third kappa shape index (κ3) is 3.61. The molecule has 2 atom stereocenters. The van der Waals surface area contributed by atoms with Crippen LogP contribution >= 0.6 is 23.2 Å². The highest BCUT2D eigenvalue weighted by Gasteiger charge is 2.38. The minimum atomic E-state index is -0.315. The Morgan fingerprint density at radius 1 is 1.00 bits per heavy atom. The van der Waals surface area contributed by atoms with Crippen molar-refractivity contribution in [3.63, 3.8) is 0 Å². The predicted octanol–water partition coefficient (Wildman–Crippen LogP) is 5.56. The second-order valence-electron chi connectivity index (χ2n) is 7.49. The first kappa shape index (κ1) is 19.2. The highest BCUT2D eigenvalue weighted by atomic mass is 35.5. The number of hydrogen-bond donors (Lipinski definition) is 1. The maximum atomic E-state index is 13.1. The minimum Gasteiger partial charge on any atom is -0.329 e. The van der Waals surface area contributed by atoms with E-state index in [1.54, 1.807) is 12.1 Å². The molecule has 0 aromatic heterocycles. The number of amides is 1. The molecule has 0 bridgehead atoms. The van der Waals surface area contributed by atoms with E-state index in [9.17, 15) is 9.59 Å². The Bertz CT molecular complexity index is 979. The number of halogens is 2. The molecule has 0 fully saturated rings. The van der Waals surface area contributed by atoms with E-state index < -0.39 is 0 Å².